The van der Waals surface area contributed by atoms with Crippen LogP contribution in [0.15, 0.2) is 0 Å². The van der Waals surface area contributed by atoms with Crippen molar-refractivity contribution >= 4 is 11.8 Å². The Morgan fingerprint density at radius 2 is 2.00 bits per heavy atom. The predicted molar refractivity (Wildman–Crippen MR) is 47.4 cm³/mol. The van der Waals surface area contributed by atoms with E-state index in [1.165, 1.54) is 25.0 Å². The van der Waals surface area contributed by atoms with Gasteiger partial charge in [-0.05, 0) is 36.9 Å². The summed E-state index contributed by atoms with van der Waals surface area (Å²) in [5, 5.41) is 0. The molecule has 1 aliphatic heterocycles. The summed E-state index contributed by atoms with van der Waals surface area (Å²) in [6, 6.07) is 0. The van der Waals surface area contributed by atoms with Gasteiger partial charge in [-0.3, -0.25) is 0 Å². The first-order valence-corrected chi connectivity index (χ1v) is 5.34. The molecule has 2 rings (SSSR count). The molecule has 0 aromatic carbocycles. The third-order valence-electron chi connectivity index (χ3n) is 3.18. The summed E-state index contributed by atoms with van der Waals surface area (Å²) in [6.45, 7) is 4.72. The van der Waals surface area contributed by atoms with Crippen molar-refractivity contribution in [1.29, 1.82) is 0 Å². The smallest absolute Gasteiger partial charge is 0.0173 e. The molecule has 0 radical (unpaired) electrons. The molecule has 0 N–H and O–H groups in total. The normalized spacial score (nSPS) is 45.3. The van der Waals surface area contributed by atoms with Crippen LogP contribution in [0.5, 0.6) is 0 Å². The molecule has 0 nitrogen and oxygen atoms in total. The van der Waals surface area contributed by atoms with Gasteiger partial charge in [-0.15, -0.1) is 0 Å². The zero-order valence-electron chi connectivity index (χ0n) is 6.89. The lowest BCUT2D eigenvalue weighted by atomic mass is 9.67. The minimum absolute atomic E-state index is 0.814. The van der Waals surface area contributed by atoms with Gasteiger partial charge in [0.2, 0.25) is 0 Å². The van der Waals surface area contributed by atoms with Gasteiger partial charge in [-0.2, -0.15) is 11.8 Å². The van der Waals surface area contributed by atoms with E-state index in [9.17, 15) is 0 Å². The van der Waals surface area contributed by atoms with Gasteiger partial charge >= 0.3 is 0 Å². The van der Waals surface area contributed by atoms with E-state index in [-0.39, 0.29) is 0 Å². The van der Waals surface area contributed by atoms with Gasteiger partial charge < -0.3 is 0 Å². The molecule has 1 saturated heterocycles. The number of hydrogen-bond acceptors (Lipinski definition) is 1. The largest absolute Gasteiger partial charge is 0.155 e. The first kappa shape index (κ1) is 7.02. The molecule has 1 heterocycles. The van der Waals surface area contributed by atoms with E-state index in [0.29, 0.717) is 0 Å². The summed E-state index contributed by atoms with van der Waals surface area (Å²) >= 11 is 2.22. The van der Waals surface area contributed by atoms with Crippen LogP contribution in [-0.4, -0.2) is 10.5 Å². The third kappa shape index (κ3) is 0.903. The average Bonchev–Trinajstić information content (AvgIpc) is 1.54. The molecule has 0 unspecified atom stereocenters. The second-order valence-electron chi connectivity index (χ2n) is 4.19. The van der Waals surface area contributed by atoms with Gasteiger partial charge in [0.1, 0.15) is 0 Å². The molecule has 1 heteroatoms. The Kier molecular flexibility index (Phi) is 1.52. The van der Waals surface area contributed by atoms with Crippen molar-refractivity contribution < 1.29 is 0 Å². The quantitative estimate of drug-likeness (QED) is 0.562. The highest BCUT2D eigenvalue weighted by atomic mass is 32.2. The van der Waals surface area contributed by atoms with Crippen LogP contribution >= 0.6 is 11.8 Å². The highest BCUT2D eigenvalue weighted by Crippen LogP contribution is 2.58. The molecule has 2 fully saturated rings. The second kappa shape index (κ2) is 2.17. The Hall–Kier alpha value is 0.350. The first-order chi connectivity index (χ1) is 4.72. The van der Waals surface area contributed by atoms with Crippen LogP contribution in [0, 0.1) is 11.8 Å². The monoisotopic (exact) mass is 156 g/mol. The van der Waals surface area contributed by atoms with Crippen LogP contribution in [0.2, 0.25) is 0 Å². The van der Waals surface area contributed by atoms with Crippen molar-refractivity contribution in [3.05, 3.63) is 0 Å². The zero-order valence-corrected chi connectivity index (χ0v) is 7.71. The van der Waals surface area contributed by atoms with Crippen LogP contribution in [0.25, 0.3) is 0 Å². The number of hydrogen-bond donors (Lipinski definition) is 0. The highest BCUT2D eigenvalue weighted by Gasteiger charge is 2.49. The molecular weight excluding hydrogens is 140 g/mol. The Bertz CT molecular complexity index is 128. The fraction of sp³-hybridized carbons (Fsp3) is 1.00. The Morgan fingerprint density at radius 3 is 2.30 bits per heavy atom. The molecule has 58 valence electrons. The minimum Gasteiger partial charge on any atom is -0.155 e. The molecule has 1 saturated carbocycles. The fourth-order valence-corrected chi connectivity index (χ4v) is 3.53. The van der Waals surface area contributed by atoms with Gasteiger partial charge in [0.15, 0.2) is 0 Å². The van der Waals surface area contributed by atoms with E-state index in [1.54, 1.807) is 0 Å². The maximum absolute atomic E-state index is 2.36. The summed E-state index contributed by atoms with van der Waals surface area (Å²) in [4.78, 5) is 0. The lowest BCUT2D eigenvalue weighted by Gasteiger charge is -2.54. The maximum atomic E-state index is 2.36. The van der Waals surface area contributed by atoms with Gasteiger partial charge in [0, 0.05) is 4.75 Å². The molecule has 2 aliphatic rings. The fourth-order valence-electron chi connectivity index (χ4n) is 2.08. The van der Waals surface area contributed by atoms with Crippen molar-refractivity contribution in [3.63, 3.8) is 0 Å². The molecule has 1 aliphatic carbocycles. The standard InChI is InChI=1S/C9H16S/c1-7(2)8-5-9(6-8)3-4-10-9/h7-8H,3-6H2,1-2H3. The molecule has 0 bridgehead atoms. The molecular formula is C9H16S. The van der Waals surface area contributed by atoms with E-state index in [4.69, 9.17) is 0 Å². The number of rotatable bonds is 1. The second-order valence-corrected chi connectivity index (χ2v) is 5.76. The summed E-state index contributed by atoms with van der Waals surface area (Å²) < 4.78 is 0.814. The van der Waals surface area contributed by atoms with Gasteiger partial charge in [0.25, 0.3) is 0 Å². The molecule has 0 atom stereocenters. The van der Waals surface area contributed by atoms with Gasteiger partial charge in [0.05, 0.1) is 0 Å². The summed E-state index contributed by atoms with van der Waals surface area (Å²) in [5.74, 6) is 3.43. The van der Waals surface area contributed by atoms with Gasteiger partial charge in [-0.25, -0.2) is 0 Å². The molecule has 0 aromatic heterocycles. The van der Waals surface area contributed by atoms with Crippen LogP contribution < -0.4 is 0 Å². The van der Waals surface area contributed by atoms with E-state index >= 15 is 0 Å². The lowest BCUT2D eigenvalue weighted by molar-refractivity contribution is 0.158. The van der Waals surface area contributed by atoms with Crippen LogP contribution in [0.3, 0.4) is 0 Å². The minimum atomic E-state index is 0.814. The van der Waals surface area contributed by atoms with E-state index in [2.05, 4.69) is 25.6 Å². The maximum Gasteiger partial charge on any atom is 0.0173 e. The Balaban J connectivity index is 1.82. The van der Waals surface area contributed by atoms with Crippen molar-refractivity contribution in [3.8, 4) is 0 Å². The predicted octanol–water partition coefficient (Wildman–Crippen LogP) is 2.93. The molecule has 10 heavy (non-hydrogen) atoms. The van der Waals surface area contributed by atoms with E-state index in [1.807, 2.05) is 0 Å². The Morgan fingerprint density at radius 1 is 1.40 bits per heavy atom. The summed E-state index contributed by atoms with van der Waals surface area (Å²) in [7, 11) is 0. The van der Waals surface area contributed by atoms with Crippen molar-refractivity contribution in [1.82, 2.24) is 0 Å². The zero-order chi connectivity index (χ0) is 7.19. The van der Waals surface area contributed by atoms with E-state index < -0.39 is 0 Å². The molecule has 0 aromatic rings. The summed E-state index contributed by atoms with van der Waals surface area (Å²) in [6.07, 6.45) is 4.56. The van der Waals surface area contributed by atoms with Crippen molar-refractivity contribution in [2.75, 3.05) is 5.75 Å². The summed E-state index contributed by atoms with van der Waals surface area (Å²) in [5.41, 5.74) is 0. The SMILES string of the molecule is CC(C)C1CC2(CCS2)C1. The molecule has 1 spiro atoms. The average molecular weight is 156 g/mol. The number of thioether (sulfide) groups is 1. The van der Waals surface area contributed by atoms with E-state index in [0.717, 1.165) is 16.6 Å². The first-order valence-electron chi connectivity index (χ1n) is 4.36. The molecule has 0 amide bonds. The van der Waals surface area contributed by atoms with Gasteiger partial charge in [-0.1, -0.05) is 13.8 Å². The topological polar surface area (TPSA) is 0 Å². The Labute approximate surface area is 67.8 Å². The van der Waals surface area contributed by atoms with Crippen LogP contribution in [0.1, 0.15) is 33.1 Å². The highest BCUT2D eigenvalue weighted by molar-refractivity contribution is 8.02. The van der Waals surface area contributed by atoms with Crippen molar-refractivity contribution in [2.24, 2.45) is 11.8 Å². The van der Waals surface area contributed by atoms with Crippen LogP contribution in [-0.2, 0) is 0 Å². The van der Waals surface area contributed by atoms with Crippen LogP contribution in [0.4, 0.5) is 0 Å². The third-order valence-corrected chi connectivity index (χ3v) is 4.74. The van der Waals surface area contributed by atoms with Crippen molar-refractivity contribution in [2.45, 2.75) is 37.9 Å². The lowest BCUT2D eigenvalue weighted by Crippen LogP contribution is -2.48.